The summed E-state index contributed by atoms with van der Waals surface area (Å²) in [5, 5.41) is 24.4. The van der Waals surface area contributed by atoms with Crippen LogP contribution in [0.25, 0.3) is 5.57 Å². The molecule has 44 heavy (non-hydrogen) atoms. The van der Waals surface area contributed by atoms with Gasteiger partial charge in [0.25, 0.3) is 0 Å². The summed E-state index contributed by atoms with van der Waals surface area (Å²) >= 11 is 0.656. The number of sulfonamides is 1. The molecule has 4 aliphatic rings. The number of allylic oxidation sites excluding steroid dienone is 4. The van der Waals surface area contributed by atoms with Gasteiger partial charge < -0.3 is 19.5 Å². The molecule has 13 heteroatoms. The van der Waals surface area contributed by atoms with Gasteiger partial charge in [0.15, 0.2) is 0 Å². The molecule has 236 valence electrons. The quantitative estimate of drug-likeness (QED) is 0.157. The summed E-state index contributed by atoms with van der Waals surface area (Å²) in [5.74, 6) is -0.968. The van der Waals surface area contributed by atoms with E-state index in [0.717, 1.165) is 53.0 Å². The average molecular weight is 644 g/mol. The van der Waals surface area contributed by atoms with E-state index in [0.29, 0.717) is 28.3 Å². The third kappa shape index (κ3) is 5.92. The Hall–Kier alpha value is -3.20. The van der Waals surface area contributed by atoms with Crippen molar-refractivity contribution in [2.24, 2.45) is 5.92 Å². The van der Waals surface area contributed by atoms with Gasteiger partial charge >= 0.3 is 0 Å². The molecule has 2 heterocycles. The maximum atomic E-state index is 13.4. The number of ether oxygens (including phenoxy) is 1. The highest BCUT2D eigenvalue weighted by molar-refractivity contribution is 7.94. The molecule has 3 unspecified atom stereocenters. The lowest BCUT2D eigenvalue weighted by atomic mass is 9.78. The van der Waals surface area contributed by atoms with Crippen LogP contribution >= 0.6 is 12.0 Å². The van der Waals surface area contributed by atoms with E-state index in [9.17, 15) is 18.3 Å². The second-order valence-electron chi connectivity index (χ2n) is 10.6. The Morgan fingerprint density at radius 3 is 2.55 bits per heavy atom. The molecule has 1 fully saturated rings. The van der Waals surface area contributed by atoms with Crippen molar-refractivity contribution in [1.82, 2.24) is 9.21 Å². The molecule has 0 bridgehead atoms. The zero-order valence-electron chi connectivity index (χ0n) is 25.1. The molecule has 1 saturated heterocycles. The minimum absolute atomic E-state index is 0.0776. The van der Waals surface area contributed by atoms with Gasteiger partial charge in [-0.2, -0.15) is 4.31 Å². The van der Waals surface area contributed by atoms with Gasteiger partial charge in [-0.15, -0.1) is 4.33 Å². The molecule has 0 radical (unpaired) electrons. The van der Waals surface area contributed by atoms with Crippen molar-refractivity contribution in [3.05, 3.63) is 77.2 Å². The van der Waals surface area contributed by atoms with Gasteiger partial charge in [0.2, 0.25) is 15.7 Å². The van der Waals surface area contributed by atoms with Gasteiger partial charge in [0.1, 0.15) is 25.0 Å². The summed E-state index contributed by atoms with van der Waals surface area (Å²) in [4.78, 5) is 14.0. The number of nitrogens with zero attached hydrogens (tertiary/aromatic N) is 3. The van der Waals surface area contributed by atoms with Crippen LogP contribution in [0.1, 0.15) is 39.7 Å². The number of aliphatic carboxylic acids is 1. The van der Waals surface area contributed by atoms with Crippen LogP contribution in [0.15, 0.2) is 81.5 Å². The van der Waals surface area contributed by atoms with Crippen LogP contribution in [0.2, 0.25) is 0 Å². The fourth-order valence-electron chi connectivity index (χ4n) is 6.10. The second kappa shape index (κ2) is 13.4. The molecule has 1 aromatic rings. The highest BCUT2D eigenvalue weighted by Gasteiger charge is 2.41. The molecule has 0 spiro atoms. The zero-order chi connectivity index (χ0) is 31.6. The van der Waals surface area contributed by atoms with E-state index in [4.69, 9.17) is 14.3 Å². The number of rotatable bonds is 12. The van der Waals surface area contributed by atoms with Crippen molar-refractivity contribution >= 4 is 39.3 Å². The molecule has 5 rings (SSSR count). The standard InChI is InChI=1S/C31H37N3O8S2/c1-5-32(6-2)20-9-12-23-27(17-20)40-28-18-21(33(7-3)8-4)10-13-24(28)30(23)25-14-11-22(19-29(25)43-42-41-37)44(38,39)34-16-15-26(34)31(35)36/h9-14,17-19,23,26-27H,5-8,15-16H2,1-4H3,(H-,35,36,37). The number of likely N-dealkylation sites (N-methyl/N-ethyl adjacent to an activating group) is 1. The molecule has 1 N–H and O–H groups in total. The molecule has 1 aromatic carbocycles. The number of hydrogen-bond acceptors (Lipinski definition) is 10. The lowest BCUT2D eigenvalue weighted by Crippen LogP contribution is -2.58. The minimum Gasteiger partial charge on any atom is -0.548 e. The van der Waals surface area contributed by atoms with Crippen molar-refractivity contribution in [2.45, 2.75) is 56.1 Å². The number of carboxylic acid groups (broad SMARTS) is 1. The Labute approximate surface area is 262 Å². The Balaban J connectivity index is 1.66. The molecule has 0 amide bonds. The normalized spacial score (nSPS) is 22.8. The van der Waals surface area contributed by atoms with Crippen LogP contribution < -0.4 is 5.11 Å². The fourth-order valence-corrected chi connectivity index (χ4v) is 8.37. The summed E-state index contributed by atoms with van der Waals surface area (Å²) < 4.78 is 41.5. The summed E-state index contributed by atoms with van der Waals surface area (Å²) in [6.07, 6.45) is 12.2. The Morgan fingerprint density at radius 1 is 1.18 bits per heavy atom. The monoisotopic (exact) mass is 643 g/mol. The molecular formula is C31H37N3O8S2. The summed E-state index contributed by atoms with van der Waals surface area (Å²) in [7, 11) is -4.15. The van der Waals surface area contributed by atoms with E-state index in [2.05, 4.69) is 60.4 Å². The van der Waals surface area contributed by atoms with E-state index in [1.807, 2.05) is 18.2 Å². The smallest absolute Gasteiger partial charge is 0.243 e. The van der Waals surface area contributed by atoms with E-state index < -0.39 is 22.0 Å². The largest absolute Gasteiger partial charge is 0.548 e. The van der Waals surface area contributed by atoms with Crippen molar-refractivity contribution in [2.75, 3.05) is 32.7 Å². The third-order valence-electron chi connectivity index (χ3n) is 8.52. The first-order chi connectivity index (χ1) is 21.2. The molecular weight excluding hydrogens is 606 g/mol. The maximum absolute atomic E-state index is 13.4. The van der Waals surface area contributed by atoms with Crippen molar-refractivity contribution in [3.63, 3.8) is 0 Å². The number of fused-ring (bicyclic) bond motifs is 2. The summed E-state index contributed by atoms with van der Waals surface area (Å²) in [5.41, 5.74) is 4.47. The van der Waals surface area contributed by atoms with Gasteiger partial charge in [-0.25, -0.2) is 18.3 Å². The van der Waals surface area contributed by atoms with Gasteiger partial charge in [-0.3, -0.25) is 0 Å². The SMILES string of the molecule is CCN(CC)C1=CC2OC3=CC(=[N+](CC)CC)C=CC3=C(c3ccc(S(=O)(=O)N4CCC4C(=O)[O-])cc3SOOO)C2C=C1. The number of carbonyl (C=O) groups excluding carboxylic acids is 1. The van der Waals surface area contributed by atoms with E-state index in [-0.39, 0.29) is 29.9 Å². The number of hydrogen-bond donors (Lipinski definition) is 1. The summed E-state index contributed by atoms with van der Waals surface area (Å²) in [6.45, 7) is 11.8. The van der Waals surface area contributed by atoms with E-state index in [1.54, 1.807) is 6.07 Å². The predicted octanol–water partition coefficient (Wildman–Crippen LogP) is 3.14. The van der Waals surface area contributed by atoms with Crippen molar-refractivity contribution in [3.8, 4) is 0 Å². The van der Waals surface area contributed by atoms with E-state index in [1.165, 1.54) is 12.1 Å². The Morgan fingerprint density at radius 2 is 1.93 bits per heavy atom. The zero-order valence-corrected chi connectivity index (χ0v) is 26.8. The van der Waals surface area contributed by atoms with Crippen molar-refractivity contribution < 1.29 is 42.3 Å². The van der Waals surface area contributed by atoms with Crippen LogP contribution in [0, 0.1) is 5.92 Å². The van der Waals surface area contributed by atoms with Crippen molar-refractivity contribution in [1.29, 1.82) is 0 Å². The fraction of sp³-hybridized carbons (Fsp3) is 0.419. The first-order valence-electron chi connectivity index (χ1n) is 14.8. The van der Waals surface area contributed by atoms with Crippen LogP contribution in [0.5, 0.6) is 0 Å². The summed E-state index contributed by atoms with van der Waals surface area (Å²) in [6, 6.07) is 3.33. The lowest BCUT2D eigenvalue weighted by Gasteiger charge is -2.40. The number of benzene rings is 1. The van der Waals surface area contributed by atoms with Gasteiger partial charge in [-0.1, -0.05) is 17.2 Å². The molecule has 3 atom stereocenters. The maximum Gasteiger partial charge on any atom is 0.243 e. The molecule has 2 aliphatic carbocycles. The highest BCUT2D eigenvalue weighted by atomic mass is 32.2. The molecule has 0 saturated carbocycles. The predicted molar refractivity (Wildman–Crippen MR) is 163 cm³/mol. The average Bonchev–Trinajstić information content (AvgIpc) is 2.98. The molecule has 11 nitrogen and oxygen atoms in total. The number of carbonyl (C=O) groups is 1. The van der Waals surface area contributed by atoms with Crippen LogP contribution in [0.3, 0.4) is 0 Å². The Bertz CT molecular complexity index is 1600. The first kappa shape index (κ1) is 32.2. The highest BCUT2D eigenvalue weighted by Crippen LogP contribution is 2.47. The topological polar surface area (TPSA) is 132 Å². The number of carboxylic acids is 1. The minimum atomic E-state index is -4.15. The third-order valence-corrected chi connectivity index (χ3v) is 11.1. The first-order valence-corrected chi connectivity index (χ1v) is 17.0. The molecule has 0 aromatic heterocycles. The Kier molecular flexibility index (Phi) is 9.83. The lowest BCUT2D eigenvalue weighted by molar-refractivity contribution is -0.519. The molecule has 2 aliphatic heterocycles. The van der Waals surface area contributed by atoms with Gasteiger partial charge in [0, 0.05) is 47.8 Å². The van der Waals surface area contributed by atoms with Crippen LogP contribution in [-0.2, 0) is 28.9 Å². The van der Waals surface area contributed by atoms with Gasteiger partial charge in [0.05, 0.1) is 35.0 Å². The van der Waals surface area contributed by atoms with Crippen LogP contribution in [0.4, 0.5) is 0 Å². The van der Waals surface area contributed by atoms with Crippen LogP contribution in [-0.4, -0.2) is 84.0 Å². The van der Waals surface area contributed by atoms with E-state index >= 15 is 0 Å². The van der Waals surface area contributed by atoms with Gasteiger partial charge in [-0.05, 0) is 75.6 Å². The second-order valence-corrected chi connectivity index (χ2v) is 13.3.